The van der Waals surface area contributed by atoms with Crippen LogP contribution in [0.15, 0.2) is 64.6 Å². The van der Waals surface area contributed by atoms with Gasteiger partial charge in [-0.3, -0.25) is 4.99 Å². The van der Waals surface area contributed by atoms with E-state index >= 15 is 0 Å². The van der Waals surface area contributed by atoms with E-state index in [-0.39, 0.29) is 5.92 Å². The minimum atomic E-state index is 0.280. The van der Waals surface area contributed by atoms with Crippen LogP contribution in [0.5, 0.6) is 17.2 Å². The van der Waals surface area contributed by atoms with Gasteiger partial charge in [0, 0.05) is 55.9 Å². The molecule has 210 valence electrons. The highest BCUT2D eigenvalue weighted by molar-refractivity contribution is 6.01. The highest BCUT2D eigenvalue weighted by Crippen LogP contribution is 2.36. The third kappa shape index (κ3) is 6.31. The second-order valence-electron chi connectivity index (χ2n) is 10.4. The number of allylic oxidation sites excluding steroid dienone is 2. The third-order valence-corrected chi connectivity index (χ3v) is 7.86. The van der Waals surface area contributed by atoms with Gasteiger partial charge in [-0.25, -0.2) is 4.99 Å². The lowest BCUT2D eigenvalue weighted by Gasteiger charge is -2.31. The summed E-state index contributed by atoms with van der Waals surface area (Å²) < 4.78 is 16.3. The molecule has 0 spiro atoms. The number of hydrogen-bond acceptors (Lipinski definition) is 6. The smallest absolute Gasteiger partial charge is 0.160 e. The first-order valence-corrected chi connectivity index (χ1v) is 14.2. The number of nitrogens with one attached hydrogen (secondary N) is 1. The van der Waals surface area contributed by atoms with Crippen LogP contribution in [0, 0.1) is 5.92 Å². The lowest BCUT2D eigenvalue weighted by molar-refractivity contribution is 0.354. The Balaban J connectivity index is 1.37. The molecule has 2 aliphatic heterocycles. The SMILES string of the molecule is COc1ccc2cc(C3=CC=NC(=NCCc4ccc(OC)c(OC)c4)C(C)CC3)cc(N3CCNCC3)c2c1. The van der Waals surface area contributed by atoms with Crippen molar-refractivity contribution in [2.24, 2.45) is 15.9 Å². The molecule has 1 saturated heterocycles. The van der Waals surface area contributed by atoms with E-state index in [0.717, 1.165) is 68.5 Å². The fourth-order valence-electron chi connectivity index (χ4n) is 5.49. The van der Waals surface area contributed by atoms with Crippen molar-refractivity contribution < 1.29 is 14.2 Å². The predicted molar refractivity (Wildman–Crippen MR) is 166 cm³/mol. The standard InChI is InChI=1S/C33H40N4O3/c1-23-5-7-25(12-14-36-33(23)35-13-11-24-6-10-31(39-3)32(19-24)40-4)27-20-26-8-9-28(38-2)22-29(26)30(21-27)37-17-15-34-16-18-37/h6,8-10,12,14,19-23,34H,5,7,11,13,15-18H2,1-4H3. The summed E-state index contributed by atoms with van der Waals surface area (Å²) in [7, 11) is 5.04. The molecule has 5 rings (SSSR count). The van der Waals surface area contributed by atoms with Gasteiger partial charge in [0.1, 0.15) is 11.6 Å². The fourth-order valence-corrected chi connectivity index (χ4v) is 5.49. The molecule has 0 bridgehead atoms. The van der Waals surface area contributed by atoms with Crippen molar-refractivity contribution >= 4 is 34.1 Å². The lowest BCUT2D eigenvalue weighted by Crippen LogP contribution is -2.43. The van der Waals surface area contributed by atoms with E-state index in [1.165, 1.54) is 33.2 Å². The van der Waals surface area contributed by atoms with Crippen LogP contribution in [0.3, 0.4) is 0 Å². The van der Waals surface area contributed by atoms with Crippen molar-refractivity contribution in [2.75, 3.05) is 59.0 Å². The molecule has 0 saturated carbocycles. The van der Waals surface area contributed by atoms with E-state index in [1.807, 2.05) is 18.3 Å². The molecular formula is C33H40N4O3. The van der Waals surface area contributed by atoms with Gasteiger partial charge in [0.15, 0.2) is 11.5 Å². The summed E-state index contributed by atoms with van der Waals surface area (Å²) in [5.41, 5.74) is 5.02. The average Bonchev–Trinajstić information content (AvgIpc) is 3.00. The first kappa shape index (κ1) is 27.7. The number of nitrogens with zero attached hydrogens (tertiary/aromatic N) is 3. The number of fused-ring (bicyclic) bond motifs is 1. The van der Waals surface area contributed by atoms with Gasteiger partial charge in [-0.15, -0.1) is 0 Å². The van der Waals surface area contributed by atoms with Gasteiger partial charge >= 0.3 is 0 Å². The summed E-state index contributed by atoms with van der Waals surface area (Å²) in [5, 5.41) is 5.95. The topological polar surface area (TPSA) is 67.7 Å². The first-order valence-electron chi connectivity index (χ1n) is 14.2. The number of benzene rings is 3. The first-order chi connectivity index (χ1) is 19.6. The summed E-state index contributed by atoms with van der Waals surface area (Å²) in [5.74, 6) is 3.58. The Morgan fingerprint density at radius 2 is 1.77 bits per heavy atom. The van der Waals surface area contributed by atoms with Gasteiger partial charge in [-0.2, -0.15) is 0 Å². The third-order valence-electron chi connectivity index (χ3n) is 7.86. The Kier molecular flexibility index (Phi) is 9.01. The largest absolute Gasteiger partial charge is 0.497 e. The van der Waals surface area contributed by atoms with Gasteiger partial charge in [-0.1, -0.05) is 19.1 Å². The van der Waals surface area contributed by atoms with Crippen LogP contribution < -0.4 is 24.4 Å². The van der Waals surface area contributed by atoms with Gasteiger partial charge < -0.3 is 24.4 Å². The molecular weight excluding hydrogens is 500 g/mol. The molecule has 1 atom stereocenters. The summed E-state index contributed by atoms with van der Waals surface area (Å²) in [4.78, 5) is 12.2. The van der Waals surface area contributed by atoms with E-state index in [0.29, 0.717) is 6.54 Å². The number of hydrogen-bond donors (Lipinski definition) is 1. The highest BCUT2D eigenvalue weighted by atomic mass is 16.5. The molecule has 2 heterocycles. The average molecular weight is 541 g/mol. The Labute approximate surface area is 237 Å². The van der Waals surface area contributed by atoms with Crippen LogP contribution in [-0.2, 0) is 6.42 Å². The molecule has 7 heteroatoms. The minimum absolute atomic E-state index is 0.280. The van der Waals surface area contributed by atoms with E-state index < -0.39 is 0 Å². The predicted octanol–water partition coefficient (Wildman–Crippen LogP) is 5.80. The van der Waals surface area contributed by atoms with Gasteiger partial charge in [-0.05, 0) is 83.8 Å². The molecule has 0 radical (unpaired) electrons. The van der Waals surface area contributed by atoms with Crippen LogP contribution in [0.25, 0.3) is 16.3 Å². The zero-order valence-electron chi connectivity index (χ0n) is 24.1. The maximum atomic E-state index is 5.55. The summed E-state index contributed by atoms with van der Waals surface area (Å²) in [6.07, 6.45) is 6.90. The number of aliphatic imine (C=N–C) groups is 2. The number of amidine groups is 1. The number of methoxy groups -OCH3 is 3. The second-order valence-corrected chi connectivity index (χ2v) is 10.4. The molecule has 1 unspecified atom stereocenters. The number of ether oxygens (including phenoxy) is 3. The van der Waals surface area contributed by atoms with Crippen LogP contribution in [-0.4, -0.2) is 66.1 Å². The van der Waals surface area contributed by atoms with Crippen LogP contribution in [0.1, 0.15) is 30.9 Å². The number of rotatable bonds is 8. The molecule has 0 amide bonds. The Morgan fingerprint density at radius 1 is 0.950 bits per heavy atom. The quantitative estimate of drug-likeness (QED) is 0.391. The van der Waals surface area contributed by atoms with Gasteiger partial charge in [0.25, 0.3) is 0 Å². The molecule has 40 heavy (non-hydrogen) atoms. The van der Waals surface area contributed by atoms with Crippen LogP contribution in [0.4, 0.5) is 5.69 Å². The molecule has 3 aromatic rings. The molecule has 1 N–H and O–H groups in total. The van der Waals surface area contributed by atoms with Crippen molar-refractivity contribution in [3.05, 3.63) is 65.7 Å². The summed E-state index contributed by atoms with van der Waals surface area (Å²) in [6, 6.07) is 17.1. The Bertz CT molecular complexity index is 1420. The van der Waals surface area contributed by atoms with E-state index in [2.05, 4.69) is 59.6 Å². The lowest BCUT2D eigenvalue weighted by atomic mass is 9.92. The summed E-state index contributed by atoms with van der Waals surface area (Å²) in [6.45, 7) is 6.90. The number of anilines is 1. The van der Waals surface area contributed by atoms with Crippen molar-refractivity contribution in [1.29, 1.82) is 0 Å². The van der Waals surface area contributed by atoms with E-state index in [4.69, 9.17) is 24.2 Å². The summed E-state index contributed by atoms with van der Waals surface area (Å²) >= 11 is 0. The van der Waals surface area contributed by atoms with Crippen LogP contribution in [0.2, 0.25) is 0 Å². The Hall–Kier alpha value is -3.84. The minimum Gasteiger partial charge on any atom is -0.497 e. The van der Waals surface area contributed by atoms with E-state index in [1.54, 1.807) is 21.3 Å². The molecule has 0 aromatic heterocycles. The molecule has 0 aliphatic carbocycles. The van der Waals surface area contributed by atoms with Crippen molar-refractivity contribution in [3.8, 4) is 17.2 Å². The zero-order chi connectivity index (χ0) is 27.9. The van der Waals surface area contributed by atoms with Gasteiger partial charge in [0.2, 0.25) is 0 Å². The van der Waals surface area contributed by atoms with E-state index in [9.17, 15) is 0 Å². The normalized spacial score (nSPS) is 18.8. The fraction of sp³-hybridized carbons (Fsp3) is 0.394. The van der Waals surface area contributed by atoms with Crippen LogP contribution >= 0.6 is 0 Å². The van der Waals surface area contributed by atoms with Crippen molar-refractivity contribution in [3.63, 3.8) is 0 Å². The van der Waals surface area contributed by atoms with Crippen molar-refractivity contribution in [1.82, 2.24) is 5.32 Å². The molecule has 1 fully saturated rings. The molecule has 7 nitrogen and oxygen atoms in total. The maximum absolute atomic E-state index is 5.55. The zero-order valence-corrected chi connectivity index (χ0v) is 24.1. The number of piperazine rings is 1. The second kappa shape index (κ2) is 13.0. The molecule has 2 aliphatic rings. The van der Waals surface area contributed by atoms with Crippen molar-refractivity contribution in [2.45, 2.75) is 26.2 Å². The maximum Gasteiger partial charge on any atom is 0.160 e. The van der Waals surface area contributed by atoms with Gasteiger partial charge in [0.05, 0.1) is 21.3 Å². The Morgan fingerprint density at radius 3 is 2.55 bits per heavy atom. The highest BCUT2D eigenvalue weighted by Gasteiger charge is 2.18. The molecule has 3 aromatic carbocycles. The monoisotopic (exact) mass is 540 g/mol.